The number of carbonyl (C=O) groups is 2. The van der Waals surface area contributed by atoms with Gasteiger partial charge in [0.1, 0.15) is 23.3 Å². The van der Waals surface area contributed by atoms with Gasteiger partial charge in [-0.05, 0) is 69.2 Å². The first-order valence-electron chi connectivity index (χ1n) is 10.7. The molecule has 7 nitrogen and oxygen atoms in total. The van der Waals surface area contributed by atoms with Crippen molar-refractivity contribution in [2.75, 3.05) is 20.8 Å². The fraction of sp³-hybridized carbons (Fsp3) is 0.440. The van der Waals surface area contributed by atoms with Gasteiger partial charge in [-0.1, -0.05) is 19.1 Å². The first-order chi connectivity index (χ1) is 15.2. The van der Waals surface area contributed by atoms with Crippen LogP contribution >= 0.6 is 0 Å². The molecule has 174 valence electrons. The van der Waals surface area contributed by atoms with Gasteiger partial charge in [0.25, 0.3) is 5.91 Å². The molecule has 2 amide bonds. The summed E-state index contributed by atoms with van der Waals surface area (Å²) in [6, 6.07) is 13.8. The quantitative estimate of drug-likeness (QED) is 0.606. The first kappa shape index (κ1) is 25.0. The van der Waals surface area contributed by atoms with E-state index in [1.165, 1.54) is 0 Å². The first-order valence-corrected chi connectivity index (χ1v) is 10.7. The summed E-state index contributed by atoms with van der Waals surface area (Å²) in [7, 11) is 3.18. The third-order valence-electron chi connectivity index (χ3n) is 4.79. The number of methoxy groups -OCH3 is 2. The fourth-order valence-corrected chi connectivity index (χ4v) is 3.24. The lowest BCUT2D eigenvalue weighted by atomic mass is 10.1. The fourth-order valence-electron chi connectivity index (χ4n) is 3.24. The van der Waals surface area contributed by atoms with Crippen LogP contribution in [0.2, 0.25) is 0 Å². The molecule has 32 heavy (non-hydrogen) atoms. The van der Waals surface area contributed by atoms with Crippen LogP contribution < -0.4 is 19.5 Å². The van der Waals surface area contributed by atoms with E-state index < -0.39 is 11.6 Å². The smallest absolute Gasteiger partial charge is 0.261 e. The molecule has 0 heterocycles. The number of ether oxygens (including phenoxy) is 3. The molecule has 0 spiro atoms. The molecule has 0 aliphatic rings. The Bertz CT molecular complexity index is 890. The van der Waals surface area contributed by atoms with Crippen molar-refractivity contribution >= 4 is 11.8 Å². The van der Waals surface area contributed by atoms with E-state index >= 15 is 0 Å². The van der Waals surface area contributed by atoms with E-state index in [0.29, 0.717) is 23.7 Å². The summed E-state index contributed by atoms with van der Waals surface area (Å²) in [5, 5.41) is 2.99. The highest BCUT2D eigenvalue weighted by Crippen LogP contribution is 2.20. The summed E-state index contributed by atoms with van der Waals surface area (Å²) >= 11 is 0. The number of nitrogens with zero attached hydrogens (tertiary/aromatic N) is 1. The van der Waals surface area contributed by atoms with Gasteiger partial charge in [0.05, 0.1) is 14.2 Å². The Hall–Kier alpha value is -3.22. The van der Waals surface area contributed by atoms with Gasteiger partial charge in [0.15, 0.2) is 6.61 Å². The molecule has 2 aromatic rings. The molecule has 0 fully saturated rings. The van der Waals surface area contributed by atoms with Crippen molar-refractivity contribution in [1.29, 1.82) is 0 Å². The molecular formula is C25H34N2O5. The van der Waals surface area contributed by atoms with Gasteiger partial charge in [-0.25, -0.2) is 0 Å². The Morgan fingerprint density at radius 3 is 2.16 bits per heavy atom. The van der Waals surface area contributed by atoms with E-state index in [0.717, 1.165) is 5.56 Å². The third-order valence-corrected chi connectivity index (χ3v) is 4.79. The lowest BCUT2D eigenvalue weighted by molar-refractivity contribution is -0.143. The summed E-state index contributed by atoms with van der Waals surface area (Å²) in [5.41, 5.74) is 0.457. The molecule has 7 heteroatoms. The van der Waals surface area contributed by atoms with Crippen molar-refractivity contribution in [1.82, 2.24) is 10.2 Å². The molecule has 0 aromatic heterocycles. The maximum Gasteiger partial charge on any atom is 0.261 e. The highest BCUT2D eigenvalue weighted by Gasteiger charge is 2.31. The Morgan fingerprint density at radius 2 is 1.59 bits per heavy atom. The number of carbonyl (C=O) groups excluding carboxylic acids is 2. The number of hydrogen-bond acceptors (Lipinski definition) is 5. The number of amides is 2. The van der Waals surface area contributed by atoms with Crippen LogP contribution in [0.1, 0.15) is 39.7 Å². The zero-order chi connectivity index (χ0) is 23.7. The Kier molecular flexibility index (Phi) is 8.93. The van der Waals surface area contributed by atoms with Crippen LogP contribution in [-0.2, 0) is 16.1 Å². The molecule has 1 N–H and O–H groups in total. The second-order valence-corrected chi connectivity index (χ2v) is 8.50. The second kappa shape index (κ2) is 11.4. The molecular weight excluding hydrogens is 408 g/mol. The second-order valence-electron chi connectivity index (χ2n) is 8.50. The number of nitrogens with one attached hydrogen (secondary N) is 1. The normalized spacial score (nSPS) is 11.9. The summed E-state index contributed by atoms with van der Waals surface area (Å²) in [4.78, 5) is 27.8. The minimum Gasteiger partial charge on any atom is -0.497 e. The van der Waals surface area contributed by atoms with Crippen molar-refractivity contribution in [2.45, 2.75) is 52.2 Å². The topological polar surface area (TPSA) is 77.1 Å². The Morgan fingerprint density at radius 1 is 0.969 bits per heavy atom. The average Bonchev–Trinajstić information content (AvgIpc) is 2.76. The van der Waals surface area contributed by atoms with Crippen molar-refractivity contribution in [2.24, 2.45) is 0 Å². The molecule has 0 saturated heterocycles. The van der Waals surface area contributed by atoms with Crippen LogP contribution in [-0.4, -0.2) is 49.1 Å². The molecule has 0 bridgehead atoms. The lowest BCUT2D eigenvalue weighted by Crippen LogP contribution is -2.54. The van der Waals surface area contributed by atoms with Crippen LogP contribution in [0.4, 0.5) is 0 Å². The van der Waals surface area contributed by atoms with E-state index in [4.69, 9.17) is 14.2 Å². The molecule has 1 unspecified atom stereocenters. The van der Waals surface area contributed by atoms with Crippen LogP contribution in [0.5, 0.6) is 17.2 Å². The lowest BCUT2D eigenvalue weighted by Gasteiger charge is -2.33. The number of hydrogen-bond donors (Lipinski definition) is 1. The van der Waals surface area contributed by atoms with E-state index in [1.807, 2.05) is 52.0 Å². The van der Waals surface area contributed by atoms with Crippen LogP contribution in [0, 0.1) is 0 Å². The van der Waals surface area contributed by atoms with E-state index in [1.54, 1.807) is 43.4 Å². The van der Waals surface area contributed by atoms with Gasteiger partial charge >= 0.3 is 0 Å². The monoisotopic (exact) mass is 442 g/mol. The molecule has 0 aliphatic heterocycles. The molecule has 1 atom stereocenters. The molecule has 0 saturated carbocycles. The van der Waals surface area contributed by atoms with Crippen LogP contribution in [0.3, 0.4) is 0 Å². The predicted octanol–water partition coefficient (Wildman–Crippen LogP) is 3.80. The molecule has 0 aliphatic carbocycles. The van der Waals surface area contributed by atoms with Gasteiger partial charge in [0, 0.05) is 12.1 Å². The average molecular weight is 443 g/mol. The predicted molar refractivity (Wildman–Crippen MR) is 124 cm³/mol. The Balaban J connectivity index is 2.23. The van der Waals surface area contributed by atoms with E-state index in [9.17, 15) is 9.59 Å². The number of rotatable bonds is 10. The van der Waals surface area contributed by atoms with Crippen LogP contribution in [0.15, 0.2) is 48.5 Å². The zero-order valence-corrected chi connectivity index (χ0v) is 19.8. The molecule has 2 aromatic carbocycles. The largest absolute Gasteiger partial charge is 0.497 e. The van der Waals surface area contributed by atoms with E-state index in [-0.39, 0.29) is 25.0 Å². The van der Waals surface area contributed by atoms with Crippen molar-refractivity contribution in [3.63, 3.8) is 0 Å². The van der Waals surface area contributed by atoms with E-state index in [2.05, 4.69) is 5.32 Å². The van der Waals surface area contributed by atoms with Crippen molar-refractivity contribution in [3.05, 3.63) is 54.1 Å². The highest BCUT2D eigenvalue weighted by molar-refractivity contribution is 5.88. The zero-order valence-electron chi connectivity index (χ0n) is 19.8. The van der Waals surface area contributed by atoms with Crippen LogP contribution in [0.25, 0.3) is 0 Å². The summed E-state index contributed by atoms with van der Waals surface area (Å²) in [5.74, 6) is 1.47. The standard InChI is InChI=1S/C25H34N2O5/c1-7-22(24(29)26-25(2,3)4)27(16-18-9-8-10-21(15-18)31-6)23(28)17-32-20-13-11-19(30-5)12-14-20/h8-15,22H,7,16-17H2,1-6H3,(H,26,29). The third kappa shape index (κ3) is 7.48. The summed E-state index contributed by atoms with van der Waals surface area (Å²) in [6.07, 6.45) is 0.472. The van der Waals surface area contributed by atoms with Gasteiger partial charge in [-0.3, -0.25) is 9.59 Å². The van der Waals surface area contributed by atoms with Crippen molar-refractivity contribution < 1.29 is 23.8 Å². The number of benzene rings is 2. The Labute approximate surface area is 190 Å². The van der Waals surface area contributed by atoms with Gasteiger partial charge in [-0.15, -0.1) is 0 Å². The highest BCUT2D eigenvalue weighted by atomic mass is 16.5. The molecule has 0 radical (unpaired) electrons. The summed E-state index contributed by atoms with van der Waals surface area (Å²) < 4.78 is 16.2. The summed E-state index contributed by atoms with van der Waals surface area (Å²) in [6.45, 7) is 7.71. The van der Waals surface area contributed by atoms with Gasteiger partial charge in [0.2, 0.25) is 5.91 Å². The van der Waals surface area contributed by atoms with Gasteiger partial charge in [-0.2, -0.15) is 0 Å². The maximum absolute atomic E-state index is 13.2. The van der Waals surface area contributed by atoms with Crippen molar-refractivity contribution in [3.8, 4) is 17.2 Å². The minimum absolute atomic E-state index is 0.185. The SMILES string of the molecule is CCC(C(=O)NC(C)(C)C)N(Cc1cccc(OC)c1)C(=O)COc1ccc(OC)cc1. The minimum atomic E-state index is -0.632. The van der Waals surface area contributed by atoms with Gasteiger partial charge < -0.3 is 24.4 Å². The maximum atomic E-state index is 13.2. The molecule has 2 rings (SSSR count).